The maximum atomic E-state index is 5.40. The lowest BCUT2D eigenvalue weighted by atomic mass is 9.90. The van der Waals surface area contributed by atoms with Crippen LogP contribution in [0, 0.1) is 0 Å². The van der Waals surface area contributed by atoms with Gasteiger partial charge in [0.15, 0.2) is 0 Å². The van der Waals surface area contributed by atoms with Crippen molar-refractivity contribution in [1.82, 2.24) is 4.98 Å². The Bertz CT molecular complexity index is 489. The molecule has 0 bridgehead atoms. The van der Waals surface area contributed by atoms with E-state index >= 15 is 0 Å². The van der Waals surface area contributed by atoms with Gasteiger partial charge >= 0.3 is 0 Å². The van der Waals surface area contributed by atoms with Crippen molar-refractivity contribution in [2.24, 2.45) is 0 Å². The summed E-state index contributed by atoms with van der Waals surface area (Å²) in [5.41, 5.74) is 1.43. The molecule has 1 fully saturated rings. The van der Waals surface area contributed by atoms with Crippen LogP contribution in [-0.4, -0.2) is 18.2 Å². The summed E-state index contributed by atoms with van der Waals surface area (Å²) in [6, 6.07) is 8.78. The Morgan fingerprint density at radius 3 is 2.81 bits per heavy atom. The first-order chi connectivity index (χ1) is 7.93. The number of fused-ring (bicyclic) bond motifs is 1. The predicted octanol–water partition coefficient (Wildman–Crippen LogP) is 3.13. The first-order valence-corrected chi connectivity index (χ1v) is 5.85. The monoisotopic (exact) mass is 213 g/mol. The third-order valence-electron chi connectivity index (χ3n) is 3.36. The smallest absolute Gasteiger partial charge is 0.0471 e. The van der Waals surface area contributed by atoms with Gasteiger partial charge < -0.3 is 4.74 Å². The molecule has 0 unspecified atom stereocenters. The summed E-state index contributed by atoms with van der Waals surface area (Å²) in [4.78, 5) is 4.17. The Balaban J connectivity index is 1.97. The summed E-state index contributed by atoms with van der Waals surface area (Å²) in [7, 11) is 0. The fourth-order valence-electron chi connectivity index (χ4n) is 2.39. The van der Waals surface area contributed by atoms with Crippen molar-refractivity contribution < 1.29 is 4.74 Å². The maximum Gasteiger partial charge on any atom is 0.0471 e. The maximum absolute atomic E-state index is 5.40. The van der Waals surface area contributed by atoms with Crippen LogP contribution in [0.25, 0.3) is 10.8 Å². The molecule has 0 aliphatic carbocycles. The number of benzene rings is 1. The summed E-state index contributed by atoms with van der Waals surface area (Å²) >= 11 is 0. The van der Waals surface area contributed by atoms with E-state index in [-0.39, 0.29) is 0 Å². The number of pyridine rings is 1. The Morgan fingerprint density at radius 2 is 1.94 bits per heavy atom. The highest BCUT2D eigenvalue weighted by Crippen LogP contribution is 2.28. The highest BCUT2D eigenvalue weighted by Gasteiger charge is 2.15. The van der Waals surface area contributed by atoms with E-state index in [0.717, 1.165) is 26.1 Å². The second kappa shape index (κ2) is 4.22. The highest BCUT2D eigenvalue weighted by atomic mass is 16.5. The van der Waals surface area contributed by atoms with Crippen molar-refractivity contribution in [2.75, 3.05) is 13.2 Å². The van der Waals surface area contributed by atoms with E-state index in [1.807, 2.05) is 12.4 Å². The minimum Gasteiger partial charge on any atom is -0.381 e. The quantitative estimate of drug-likeness (QED) is 0.726. The molecule has 0 saturated carbocycles. The molecule has 1 aliphatic heterocycles. The van der Waals surface area contributed by atoms with E-state index in [1.165, 1.54) is 16.3 Å². The van der Waals surface area contributed by atoms with Gasteiger partial charge in [-0.2, -0.15) is 0 Å². The number of rotatable bonds is 1. The van der Waals surface area contributed by atoms with Gasteiger partial charge in [0, 0.05) is 31.0 Å². The molecule has 0 atom stereocenters. The molecule has 3 rings (SSSR count). The molecule has 1 aromatic heterocycles. The van der Waals surface area contributed by atoms with Crippen LogP contribution in [0.5, 0.6) is 0 Å². The van der Waals surface area contributed by atoms with E-state index < -0.39 is 0 Å². The van der Waals surface area contributed by atoms with Crippen molar-refractivity contribution in [2.45, 2.75) is 18.8 Å². The normalized spacial score (nSPS) is 17.8. The fraction of sp³-hybridized carbons (Fsp3) is 0.357. The van der Waals surface area contributed by atoms with Crippen molar-refractivity contribution in [1.29, 1.82) is 0 Å². The topological polar surface area (TPSA) is 22.1 Å². The molecule has 2 heteroatoms. The van der Waals surface area contributed by atoms with Crippen LogP contribution in [0.3, 0.4) is 0 Å². The summed E-state index contributed by atoms with van der Waals surface area (Å²) in [6.07, 6.45) is 6.08. The average Bonchev–Trinajstić information content (AvgIpc) is 2.39. The zero-order chi connectivity index (χ0) is 10.8. The van der Waals surface area contributed by atoms with Gasteiger partial charge in [0.25, 0.3) is 0 Å². The van der Waals surface area contributed by atoms with Gasteiger partial charge in [0.05, 0.1) is 0 Å². The van der Waals surface area contributed by atoms with Crippen LogP contribution in [0.1, 0.15) is 24.3 Å². The zero-order valence-corrected chi connectivity index (χ0v) is 9.23. The lowest BCUT2D eigenvalue weighted by molar-refractivity contribution is 0.0853. The van der Waals surface area contributed by atoms with Gasteiger partial charge in [-0.25, -0.2) is 0 Å². The Labute approximate surface area is 95.3 Å². The Morgan fingerprint density at radius 1 is 1.06 bits per heavy atom. The van der Waals surface area contributed by atoms with Crippen LogP contribution >= 0.6 is 0 Å². The molecule has 0 N–H and O–H groups in total. The van der Waals surface area contributed by atoms with Gasteiger partial charge in [-0.05, 0) is 41.8 Å². The lowest BCUT2D eigenvalue weighted by Gasteiger charge is -2.22. The van der Waals surface area contributed by atoms with Crippen molar-refractivity contribution in [3.63, 3.8) is 0 Å². The fourth-order valence-corrected chi connectivity index (χ4v) is 2.39. The van der Waals surface area contributed by atoms with Gasteiger partial charge in [-0.1, -0.05) is 12.1 Å². The third-order valence-corrected chi connectivity index (χ3v) is 3.36. The van der Waals surface area contributed by atoms with Crippen LogP contribution in [0.2, 0.25) is 0 Å². The molecule has 2 nitrogen and oxygen atoms in total. The van der Waals surface area contributed by atoms with Crippen LogP contribution in [0.15, 0.2) is 36.7 Å². The average molecular weight is 213 g/mol. The molecular formula is C14H15NO. The van der Waals surface area contributed by atoms with Gasteiger partial charge in [-0.15, -0.1) is 0 Å². The molecule has 2 aromatic rings. The number of hydrogen-bond donors (Lipinski definition) is 0. The second-order valence-corrected chi connectivity index (χ2v) is 4.37. The number of nitrogens with zero attached hydrogens (tertiary/aromatic N) is 1. The first kappa shape index (κ1) is 9.79. The SMILES string of the molecule is c1cc2ccc(C3CCOCC3)cc2cn1. The molecule has 16 heavy (non-hydrogen) atoms. The largest absolute Gasteiger partial charge is 0.381 e. The Kier molecular flexibility index (Phi) is 2.58. The van der Waals surface area contributed by atoms with E-state index in [2.05, 4.69) is 29.2 Å². The number of ether oxygens (including phenoxy) is 1. The first-order valence-electron chi connectivity index (χ1n) is 5.85. The van der Waals surface area contributed by atoms with Gasteiger partial charge in [0.2, 0.25) is 0 Å². The van der Waals surface area contributed by atoms with E-state index in [9.17, 15) is 0 Å². The van der Waals surface area contributed by atoms with Crippen LogP contribution in [0.4, 0.5) is 0 Å². The highest BCUT2D eigenvalue weighted by molar-refractivity contribution is 5.82. The van der Waals surface area contributed by atoms with Crippen molar-refractivity contribution in [3.8, 4) is 0 Å². The molecule has 0 amide bonds. The van der Waals surface area contributed by atoms with E-state index in [1.54, 1.807) is 0 Å². The molecule has 1 saturated heterocycles. The third kappa shape index (κ3) is 1.81. The summed E-state index contributed by atoms with van der Waals surface area (Å²) < 4.78 is 5.40. The summed E-state index contributed by atoms with van der Waals surface area (Å²) in [6.45, 7) is 1.80. The van der Waals surface area contributed by atoms with Gasteiger partial charge in [-0.3, -0.25) is 4.98 Å². The second-order valence-electron chi connectivity index (χ2n) is 4.37. The molecular weight excluding hydrogens is 198 g/mol. The minimum atomic E-state index is 0.665. The summed E-state index contributed by atoms with van der Waals surface area (Å²) in [5, 5.41) is 2.51. The standard InChI is InChI=1S/C14H15NO/c1-2-13(12-4-7-16-8-5-12)9-14-10-15-6-3-11(1)14/h1-3,6,9-10,12H,4-5,7-8H2. The number of aromatic nitrogens is 1. The van der Waals surface area contributed by atoms with E-state index in [4.69, 9.17) is 4.74 Å². The van der Waals surface area contributed by atoms with Crippen LogP contribution in [-0.2, 0) is 4.74 Å². The van der Waals surface area contributed by atoms with Gasteiger partial charge in [0.1, 0.15) is 0 Å². The molecule has 0 spiro atoms. The van der Waals surface area contributed by atoms with Crippen LogP contribution < -0.4 is 0 Å². The summed E-state index contributed by atoms with van der Waals surface area (Å²) in [5.74, 6) is 0.665. The Hall–Kier alpha value is -1.41. The van der Waals surface area contributed by atoms with E-state index in [0.29, 0.717) is 5.92 Å². The predicted molar refractivity (Wildman–Crippen MR) is 64.5 cm³/mol. The van der Waals surface area contributed by atoms with Crippen molar-refractivity contribution >= 4 is 10.8 Å². The molecule has 82 valence electrons. The molecule has 1 aromatic carbocycles. The molecule has 1 aliphatic rings. The van der Waals surface area contributed by atoms with Crippen molar-refractivity contribution in [3.05, 3.63) is 42.2 Å². The minimum absolute atomic E-state index is 0.665. The zero-order valence-electron chi connectivity index (χ0n) is 9.23. The molecule has 0 radical (unpaired) electrons. The molecule has 2 heterocycles. The number of hydrogen-bond acceptors (Lipinski definition) is 2. The lowest BCUT2D eigenvalue weighted by Crippen LogP contribution is -2.13.